The Morgan fingerprint density at radius 2 is 2.27 bits per heavy atom. The highest BCUT2D eigenvalue weighted by atomic mass is 33.1. The van der Waals surface area contributed by atoms with Crippen molar-refractivity contribution in [2.24, 2.45) is 5.41 Å². The third-order valence-corrected chi connectivity index (χ3v) is 9.28. The molecule has 67 valence electrons. The minimum absolute atomic E-state index is 0.353. The van der Waals surface area contributed by atoms with E-state index in [-0.39, 0.29) is 0 Å². The number of hydrogen-bond donors (Lipinski definition) is 1. The van der Waals surface area contributed by atoms with E-state index in [1.807, 2.05) is 11.4 Å². The second kappa shape index (κ2) is 3.45. The molecule has 1 aliphatic rings. The maximum atomic E-state index is 5.77. The molecule has 1 rings (SSSR count). The van der Waals surface area contributed by atoms with Crippen molar-refractivity contribution in [1.29, 1.82) is 0 Å². The Hall–Kier alpha value is 1.09. The molecule has 0 spiro atoms. The van der Waals surface area contributed by atoms with Crippen LogP contribution in [0.4, 0.5) is 0 Å². The molecular weight excluding hydrogens is 195 g/mol. The molecule has 0 saturated carbocycles. The van der Waals surface area contributed by atoms with Gasteiger partial charge in [-0.3, -0.25) is 0 Å². The van der Waals surface area contributed by atoms with E-state index in [0.29, 0.717) is 5.41 Å². The summed E-state index contributed by atoms with van der Waals surface area (Å²) in [6, 6.07) is 0. The lowest BCUT2D eigenvalue weighted by Gasteiger charge is -2.40. The molecule has 1 heterocycles. The zero-order valence-electron chi connectivity index (χ0n) is 7.33. The third-order valence-electron chi connectivity index (χ3n) is 1.71. The zero-order valence-corrected chi connectivity index (χ0v) is 9.94. The van der Waals surface area contributed by atoms with Gasteiger partial charge >= 0.3 is 0 Å². The van der Waals surface area contributed by atoms with Crippen LogP contribution in [0, 0.1) is 5.41 Å². The van der Waals surface area contributed by atoms with Gasteiger partial charge in [0.05, 0.1) is 12.5 Å². The molecule has 0 aromatic heterocycles. The maximum Gasteiger partial charge on any atom is 0.0873 e. The van der Waals surface area contributed by atoms with Gasteiger partial charge in [0.1, 0.15) is 0 Å². The fraction of sp³-hybridized carbons (Fsp3) is 1.00. The van der Waals surface area contributed by atoms with E-state index in [1.165, 1.54) is 5.75 Å². The van der Waals surface area contributed by atoms with Crippen LogP contribution in [0.2, 0.25) is 0 Å². The van der Waals surface area contributed by atoms with Crippen molar-refractivity contribution in [3.8, 4) is 0 Å². The molecule has 0 bridgehead atoms. The van der Waals surface area contributed by atoms with Crippen LogP contribution >= 0.6 is 29.5 Å². The smallest absolute Gasteiger partial charge is 0.0873 e. The summed E-state index contributed by atoms with van der Waals surface area (Å²) >= 11 is 6.51. The maximum absolute atomic E-state index is 5.77. The molecular formula is C7H16OPS2. The van der Waals surface area contributed by atoms with Gasteiger partial charge in [0, 0.05) is 11.9 Å². The first-order valence-electron chi connectivity index (χ1n) is 3.87. The van der Waals surface area contributed by atoms with E-state index < -0.39 is 5.89 Å². The SMILES string of the molecule is CC[P]1(S)OCC(C)(C)CS1. The Morgan fingerprint density at radius 1 is 1.64 bits per heavy atom. The summed E-state index contributed by atoms with van der Waals surface area (Å²) in [4.78, 5) is 0. The lowest BCUT2D eigenvalue weighted by molar-refractivity contribution is 0.217. The number of thiol groups is 1. The molecule has 4 heteroatoms. The summed E-state index contributed by atoms with van der Waals surface area (Å²) < 4.78 is 5.77. The van der Waals surface area contributed by atoms with Crippen LogP contribution in [0.5, 0.6) is 0 Å². The van der Waals surface area contributed by atoms with E-state index >= 15 is 0 Å². The molecule has 1 atom stereocenters. The minimum atomic E-state index is -1.31. The average Bonchev–Trinajstić information content (AvgIpc) is 1.97. The summed E-state index contributed by atoms with van der Waals surface area (Å²) in [5, 5.41) is 0. The highest BCUT2D eigenvalue weighted by molar-refractivity contribution is 8.88. The van der Waals surface area contributed by atoms with Gasteiger partial charge in [-0.1, -0.05) is 20.8 Å². The zero-order chi connectivity index (χ0) is 8.54. The second-order valence-electron chi connectivity index (χ2n) is 3.66. The van der Waals surface area contributed by atoms with Gasteiger partial charge in [0.15, 0.2) is 0 Å². The second-order valence-corrected chi connectivity index (χ2v) is 11.7. The molecule has 0 aliphatic carbocycles. The first-order chi connectivity index (χ1) is 4.97. The van der Waals surface area contributed by atoms with Crippen molar-refractivity contribution < 1.29 is 4.52 Å². The molecule has 1 unspecified atom stereocenters. The standard InChI is InChI=1S/C7H16OPS2/c1-4-9(10)8-5-7(2,3)6-11-9/h10H,4-6H2,1-3H3. The van der Waals surface area contributed by atoms with E-state index in [0.717, 1.165) is 12.8 Å². The Balaban J connectivity index is 2.48. The first-order valence-corrected chi connectivity index (χ1v) is 8.51. The van der Waals surface area contributed by atoms with E-state index in [2.05, 4.69) is 33.0 Å². The third kappa shape index (κ3) is 2.80. The van der Waals surface area contributed by atoms with Crippen LogP contribution in [0.3, 0.4) is 0 Å². The van der Waals surface area contributed by atoms with E-state index in [1.54, 1.807) is 0 Å². The van der Waals surface area contributed by atoms with Gasteiger partial charge < -0.3 is 4.52 Å². The van der Waals surface area contributed by atoms with Crippen molar-refractivity contribution >= 4 is 29.5 Å². The largest absolute Gasteiger partial charge is 0.345 e. The molecule has 0 N–H and O–H groups in total. The van der Waals surface area contributed by atoms with Crippen LogP contribution < -0.4 is 0 Å². The molecule has 0 aromatic carbocycles. The first kappa shape index (κ1) is 10.2. The van der Waals surface area contributed by atoms with Gasteiger partial charge in [-0.2, -0.15) is 0 Å². The van der Waals surface area contributed by atoms with Crippen molar-refractivity contribution in [3.63, 3.8) is 0 Å². The summed E-state index contributed by atoms with van der Waals surface area (Å²) in [7, 11) is 0. The Morgan fingerprint density at radius 3 is 2.64 bits per heavy atom. The summed E-state index contributed by atoms with van der Waals surface area (Å²) in [6.45, 7) is 7.52. The monoisotopic (exact) mass is 211 g/mol. The normalized spacial score (nSPS) is 37.1. The number of hydrogen-bond acceptors (Lipinski definition) is 3. The van der Waals surface area contributed by atoms with E-state index in [9.17, 15) is 0 Å². The van der Waals surface area contributed by atoms with Crippen molar-refractivity contribution in [2.75, 3.05) is 18.5 Å². The molecule has 1 fully saturated rings. The topological polar surface area (TPSA) is 9.23 Å². The Labute approximate surface area is 79.0 Å². The van der Waals surface area contributed by atoms with Gasteiger partial charge in [-0.15, -0.1) is 23.6 Å². The molecule has 1 radical (unpaired) electrons. The fourth-order valence-electron chi connectivity index (χ4n) is 0.813. The van der Waals surface area contributed by atoms with Gasteiger partial charge in [-0.25, -0.2) is 0 Å². The Bertz CT molecular complexity index is 139. The van der Waals surface area contributed by atoms with Gasteiger partial charge in [0.25, 0.3) is 0 Å². The van der Waals surface area contributed by atoms with Crippen LogP contribution in [0.15, 0.2) is 0 Å². The molecule has 1 aliphatic heterocycles. The highest BCUT2D eigenvalue weighted by Crippen LogP contribution is 2.77. The Kier molecular flexibility index (Phi) is 3.19. The molecule has 11 heavy (non-hydrogen) atoms. The predicted molar refractivity (Wildman–Crippen MR) is 58.6 cm³/mol. The summed E-state index contributed by atoms with van der Waals surface area (Å²) in [5.74, 6) is -0.121. The quantitative estimate of drug-likeness (QED) is 0.525. The average molecular weight is 211 g/mol. The lowest BCUT2D eigenvalue weighted by Crippen LogP contribution is -2.25. The van der Waals surface area contributed by atoms with Crippen LogP contribution in [-0.4, -0.2) is 18.5 Å². The van der Waals surface area contributed by atoms with Crippen molar-refractivity contribution in [2.45, 2.75) is 20.8 Å². The van der Waals surface area contributed by atoms with E-state index in [4.69, 9.17) is 4.52 Å². The summed E-state index contributed by atoms with van der Waals surface area (Å²) in [5.41, 5.74) is 0.353. The lowest BCUT2D eigenvalue weighted by atomic mass is 9.98. The molecule has 1 nitrogen and oxygen atoms in total. The van der Waals surface area contributed by atoms with Gasteiger partial charge in [0.2, 0.25) is 0 Å². The van der Waals surface area contributed by atoms with Crippen LogP contribution in [-0.2, 0) is 4.52 Å². The fourth-order valence-corrected chi connectivity index (χ4v) is 5.71. The molecule has 1 saturated heterocycles. The van der Waals surface area contributed by atoms with Crippen LogP contribution in [0.1, 0.15) is 20.8 Å². The molecule has 0 aromatic rings. The predicted octanol–water partition coefficient (Wildman–Crippen LogP) is 3.49. The molecule has 0 amide bonds. The summed E-state index contributed by atoms with van der Waals surface area (Å²) in [6.07, 6.45) is 1.08. The van der Waals surface area contributed by atoms with Crippen LogP contribution in [0.25, 0.3) is 0 Å². The van der Waals surface area contributed by atoms with Crippen molar-refractivity contribution in [3.05, 3.63) is 0 Å². The number of rotatable bonds is 1. The van der Waals surface area contributed by atoms with Gasteiger partial charge in [-0.05, 0) is 5.41 Å². The highest BCUT2D eigenvalue weighted by Gasteiger charge is 2.34. The minimum Gasteiger partial charge on any atom is -0.345 e. The van der Waals surface area contributed by atoms with Crippen molar-refractivity contribution in [1.82, 2.24) is 0 Å².